The topological polar surface area (TPSA) is 32.5 Å². The molecule has 0 spiro atoms. The number of benzene rings is 1. The zero-order valence-corrected chi connectivity index (χ0v) is 12.5. The van der Waals surface area contributed by atoms with Gasteiger partial charge < -0.3 is 10.6 Å². The summed E-state index contributed by atoms with van der Waals surface area (Å²) in [5.74, 6) is 0. The second kappa shape index (κ2) is 5.93. The maximum Gasteiger partial charge on any atom is 0.0369 e. The zero-order valence-electron chi connectivity index (χ0n) is 12.5. The van der Waals surface area contributed by atoms with Gasteiger partial charge in [-0.05, 0) is 44.9 Å². The number of nitrogens with two attached hydrogens (primary N) is 1. The maximum atomic E-state index is 6.05. The summed E-state index contributed by atoms with van der Waals surface area (Å²) in [6.07, 6.45) is 1.07. The van der Waals surface area contributed by atoms with Gasteiger partial charge in [0.05, 0.1) is 0 Å². The molecule has 0 unspecified atom stereocenters. The van der Waals surface area contributed by atoms with Crippen molar-refractivity contribution in [3.05, 3.63) is 29.8 Å². The molecule has 0 aliphatic carbocycles. The van der Waals surface area contributed by atoms with Crippen LogP contribution in [0.25, 0.3) is 0 Å². The van der Waals surface area contributed by atoms with Crippen molar-refractivity contribution >= 4 is 5.69 Å². The highest BCUT2D eigenvalue weighted by molar-refractivity contribution is 5.48. The van der Waals surface area contributed by atoms with Gasteiger partial charge >= 0.3 is 0 Å². The lowest BCUT2D eigenvalue weighted by Gasteiger charge is -2.37. The highest BCUT2D eigenvalue weighted by atomic mass is 15.3. The van der Waals surface area contributed by atoms with Crippen molar-refractivity contribution in [2.45, 2.75) is 32.7 Å². The first-order valence-electron chi connectivity index (χ1n) is 7.27. The Bertz CT molecular complexity index is 401. The van der Waals surface area contributed by atoms with E-state index >= 15 is 0 Å². The fourth-order valence-electron chi connectivity index (χ4n) is 2.50. The zero-order chi connectivity index (χ0) is 13.9. The van der Waals surface area contributed by atoms with E-state index in [1.807, 2.05) is 0 Å². The molecule has 0 amide bonds. The monoisotopic (exact) mass is 261 g/mol. The number of nitrogens with zero attached hydrogens (tertiary/aromatic N) is 2. The molecule has 106 valence electrons. The maximum absolute atomic E-state index is 6.05. The van der Waals surface area contributed by atoms with Gasteiger partial charge in [-0.1, -0.05) is 12.1 Å². The van der Waals surface area contributed by atoms with Crippen LogP contribution in [0.2, 0.25) is 0 Å². The number of hydrogen-bond donors (Lipinski definition) is 1. The molecule has 1 heterocycles. The van der Waals surface area contributed by atoms with Crippen molar-refractivity contribution in [2.75, 3.05) is 37.6 Å². The van der Waals surface area contributed by atoms with Gasteiger partial charge in [0.15, 0.2) is 0 Å². The molecule has 2 rings (SSSR count). The molecule has 1 aromatic rings. The summed E-state index contributed by atoms with van der Waals surface area (Å²) in [7, 11) is 0. The minimum Gasteiger partial charge on any atom is -0.369 e. The summed E-state index contributed by atoms with van der Waals surface area (Å²) in [5, 5.41) is 0. The fraction of sp³-hybridized carbons (Fsp3) is 0.625. The normalized spacial score (nSPS) is 17.8. The molecule has 1 aromatic carbocycles. The Kier molecular flexibility index (Phi) is 4.48. The van der Waals surface area contributed by atoms with Crippen molar-refractivity contribution in [3.63, 3.8) is 0 Å². The minimum absolute atomic E-state index is 0.0479. The minimum atomic E-state index is -0.0479. The van der Waals surface area contributed by atoms with E-state index in [0.717, 1.165) is 39.1 Å². The van der Waals surface area contributed by atoms with Crippen LogP contribution in [-0.2, 0) is 0 Å². The molecule has 1 saturated heterocycles. The lowest BCUT2D eigenvalue weighted by atomic mass is 10.0. The molecule has 0 radical (unpaired) electrons. The first-order chi connectivity index (χ1) is 8.94. The number of rotatable bonds is 4. The van der Waals surface area contributed by atoms with Crippen LogP contribution in [0.1, 0.15) is 25.8 Å². The van der Waals surface area contributed by atoms with E-state index in [4.69, 9.17) is 5.73 Å². The largest absolute Gasteiger partial charge is 0.369 e. The lowest BCUT2D eigenvalue weighted by Crippen LogP contribution is -2.48. The summed E-state index contributed by atoms with van der Waals surface area (Å²) in [4.78, 5) is 5.01. The second-order valence-corrected chi connectivity index (χ2v) is 6.41. The van der Waals surface area contributed by atoms with Crippen LogP contribution in [0.4, 0.5) is 5.69 Å². The summed E-state index contributed by atoms with van der Waals surface area (Å²) < 4.78 is 0. The van der Waals surface area contributed by atoms with Crippen molar-refractivity contribution in [1.29, 1.82) is 0 Å². The summed E-state index contributed by atoms with van der Waals surface area (Å²) >= 11 is 0. The standard InChI is InChI=1S/C16H27N3/c1-14-5-4-6-15(13-14)19-11-9-18(10-12-19)8-7-16(2,3)17/h4-6,13H,7-12,17H2,1-3H3. The van der Waals surface area contributed by atoms with Crippen LogP contribution in [0.15, 0.2) is 24.3 Å². The molecule has 3 heteroatoms. The number of anilines is 1. The van der Waals surface area contributed by atoms with Crippen molar-refractivity contribution < 1.29 is 0 Å². The molecular weight excluding hydrogens is 234 g/mol. The predicted molar refractivity (Wildman–Crippen MR) is 82.7 cm³/mol. The van der Waals surface area contributed by atoms with Gasteiger partial charge in [-0.3, -0.25) is 4.90 Å². The Morgan fingerprint density at radius 3 is 2.42 bits per heavy atom. The molecule has 0 saturated carbocycles. The first-order valence-corrected chi connectivity index (χ1v) is 7.27. The van der Waals surface area contributed by atoms with Gasteiger partial charge in [0.1, 0.15) is 0 Å². The SMILES string of the molecule is Cc1cccc(N2CCN(CCC(C)(C)N)CC2)c1. The third-order valence-corrected chi connectivity index (χ3v) is 3.81. The molecule has 0 atom stereocenters. The molecule has 2 N–H and O–H groups in total. The van der Waals surface area contributed by atoms with Crippen LogP contribution in [0.3, 0.4) is 0 Å². The first kappa shape index (κ1) is 14.4. The van der Waals surface area contributed by atoms with E-state index in [0.29, 0.717) is 0 Å². The lowest BCUT2D eigenvalue weighted by molar-refractivity contribution is 0.236. The van der Waals surface area contributed by atoms with Gasteiger partial charge in [-0.25, -0.2) is 0 Å². The van der Waals surface area contributed by atoms with E-state index < -0.39 is 0 Å². The summed E-state index contributed by atoms with van der Waals surface area (Å²) in [6.45, 7) is 12.0. The molecule has 0 aromatic heterocycles. The van der Waals surface area contributed by atoms with Gasteiger partial charge in [0, 0.05) is 44.0 Å². The third kappa shape index (κ3) is 4.51. The van der Waals surface area contributed by atoms with Crippen molar-refractivity contribution in [2.24, 2.45) is 5.73 Å². The van der Waals surface area contributed by atoms with Gasteiger partial charge in [-0.15, -0.1) is 0 Å². The van der Waals surface area contributed by atoms with Crippen molar-refractivity contribution in [3.8, 4) is 0 Å². The highest BCUT2D eigenvalue weighted by Crippen LogP contribution is 2.18. The average Bonchev–Trinajstić information content (AvgIpc) is 2.36. The Labute approximate surface area is 117 Å². The van der Waals surface area contributed by atoms with E-state index in [-0.39, 0.29) is 5.54 Å². The molecule has 1 fully saturated rings. The number of aryl methyl sites for hydroxylation is 1. The van der Waals surface area contributed by atoms with E-state index in [2.05, 4.69) is 54.8 Å². The summed E-state index contributed by atoms with van der Waals surface area (Å²) in [6, 6.07) is 8.79. The van der Waals surface area contributed by atoms with Crippen molar-refractivity contribution in [1.82, 2.24) is 4.90 Å². The Morgan fingerprint density at radius 2 is 1.84 bits per heavy atom. The molecular formula is C16H27N3. The Balaban J connectivity index is 1.82. The predicted octanol–water partition coefficient (Wildman–Crippen LogP) is 2.24. The Hall–Kier alpha value is -1.06. The van der Waals surface area contributed by atoms with Crippen LogP contribution in [-0.4, -0.2) is 43.2 Å². The molecule has 19 heavy (non-hydrogen) atoms. The Morgan fingerprint density at radius 1 is 1.16 bits per heavy atom. The summed E-state index contributed by atoms with van der Waals surface area (Å²) in [5.41, 5.74) is 8.70. The van der Waals surface area contributed by atoms with Crippen LogP contribution in [0, 0.1) is 6.92 Å². The average molecular weight is 261 g/mol. The van der Waals surface area contributed by atoms with E-state index in [9.17, 15) is 0 Å². The molecule has 0 bridgehead atoms. The van der Waals surface area contributed by atoms with Gasteiger partial charge in [0.25, 0.3) is 0 Å². The second-order valence-electron chi connectivity index (χ2n) is 6.41. The van der Waals surface area contributed by atoms with E-state index in [1.54, 1.807) is 0 Å². The van der Waals surface area contributed by atoms with Crippen LogP contribution < -0.4 is 10.6 Å². The smallest absolute Gasteiger partial charge is 0.0369 e. The molecule has 3 nitrogen and oxygen atoms in total. The molecule has 1 aliphatic rings. The van der Waals surface area contributed by atoms with Gasteiger partial charge in [-0.2, -0.15) is 0 Å². The third-order valence-electron chi connectivity index (χ3n) is 3.81. The molecule has 1 aliphatic heterocycles. The fourth-order valence-corrected chi connectivity index (χ4v) is 2.50. The van der Waals surface area contributed by atoms with E-state index in [1.165, 1.54) is 11.3 Å². The number of hydrogen-bond acceptors (Lipinski definition) is 3. The van der Waals surface area contributed by atoms with Gasteiger partial charge in [0.2, 0.25) is 0 Å². The van der Waals surface area contributed by atoms with Crippen LogP contribution in [0.5, 0.6) is 0 Å². The number of piperazine rings is 1. The highest BCUT2D eigenvalue weighted by Gasteiger charge is 2.19. The quantitative estimate of drug-likeness (QED) is 0.902. The van der Waals surface area contributed by atoms with Crippen LogP contribution >= 0.6 is 0 Å².